The van der Waals surface area contributed by atoms with Crippen LogP contribution in [0.2, 0.25) is 0 Å². The summed E-state index contributed by atoms with van der Waals surface area (Å²) in [7, 11) is 1.86. The first-order valence-electron chi connectivity index (χ1n) is 5.76. The molecule has 0 radical (unpaired) electrons. The summed E-state index contributed by atoms with van der Waals surface area (Å²) in [6.07, 6.45) is 3.37. The molecule has 1 fully saturated rings. The molecular formula is C13H15F2NO. The average Bonchev–Trinajstić information content (AvgIpc) is 2.13. The van der Waals surface area contributed by atoms with Crippen LogP contribution in [0.4, 0.5) is 8.78 Å². The summed E-state index contributed by atoms with van der Waals surface area (Å²) < 4.78 is 26.1. The number of halogens is 2. The molecule has 1 aliphatic rings. The molecule has 2 rings (SSSR count). The zero-order chi connectivity index (χ0) is 12.4. The third-order valence-corrected chi connectivity index (χ3v) is 3.32. The van der Waals surface area contributed by atoms with Crippen LogP contribution in [0.15, 0.2) is 18.2 Å². The van der Waals surface area contributed by atoms with Crippen molar-refractivity contribution in [2.75, 3.05) is 13.6 Å². The summed E-state index contributed by atoms with van der Waals surface area (Å²) in [5, 5.41) is 0. The number of carbonyl (C=O) groups excluding carboxylic acids is 1. The van der Waals surface area contributed by atoms with Gasteiger partial charge in [0.05, 0.1) is 12.1 Å². The minimum absolute atomic E-state index is 0.0300. The largest absolute Gasteiger partial charge is 0.296 e. The predicted molar refractivity (Wildman–Crippen MR) is 61.0 cm³/mol. The molecule has 1 aliphatic carbocycles. The Balaban J connectivity index is 2.03. The van der Waals surface area contributed by atoms with Gasteiger partial charge in [0, 0.05) is 12.1 Å². The number of hydrogen-bond acceptors (Lipinski definition) is 2. The van der Waals surface area contributed by atoms with Crippen LogP contribution in [0.25, 0.3) is 0 Å². The molecule has 4 heteroatoms. The molecule has 0 amide bonds. The van der Waals surface area contributed by atoms with Gasteiger partial charge in [-0.1, -0.05) is 6.42 Å². The van der Waals surface area contributed by atoms with Crippen LogP contribution >= 0.6 is 0 Å². The molecular weight excluding hydrogens is 224 g/mol. The van der Waals surface area contributed by atoms with Gasteiger partial charge in [0.25, 0.3) is 0 Å². The second kappa shape index (κ2) is 4.92. The fraction of sp³-hybridized carbons (Fsp3) is 0.462. The molecule has 0 aromatic heterocycles. The van der Waals surface area contributed by atoms with E-state index >= 15 is 0 Å². The van der Waals surface area contributed by atoms with E-state index in [-0.39, 0.29) is 17.9 Å². The topological polar surface area (TPSA) is 20.3 Å². The summed E-state index contributed by atoms with van der Waals surface area (Å²) in [6, 6.07) is 3.50. The average molecular weight is 239 g/mol. The van der Waals surface area contributed by atoms with Gasteiger partial charge in [-0.05, 0) is 32.0 Å². The zero-order valence-corrected chi connectivity index (χ0v) is 9.75. The van der Waals surface area contributed by atoms with Crippen LogP contribution < -0.4 is 0 Å². The number of ketones is 1. The first-order chi connectivity index (χ1) is 8.08. The van der Waals surface area contributed by atoms with Crippen molar-refractivity contribution >= 4 is 5.78 Å². The number of carbonyl (C=O) groups is 1. The van der Waals surface area contributed by atoms with Crippen molar-refractivity contribution < 1.29 is 13.6 Å². The lowest BCUT2D eigenvalue weighted by Crippen LogP contribution is -2.40. The van der Waals surface area contributed by atoms with E-state index < -0.39 is 11.6 Å². The molecule has 0 heterocycles. The van der Waals surface area contributed by atoms with Gasteiger partial charge >= 0.3 is 0 Å². The van der Waals surface area contributed by atoms with E-state index in [0.717, 1.165) is 25.0 Å². The van der Waals surface area contributed by atoms with Crippen molar-refractivity contribution in [3.8, 4) is 0 Å². The van der Waals surface area contributed by atoms with Gasteiger partial charge in [0.1, 0.15) is 11.6 Å². The van der Waals surface area contributed by atoms with Crippen molar-refractivity contribution in [2.45, 2.75) is 25.3 Å². The molecule has 0 unspecified atom stereocenters. The highest BCUT2D eigenvalue weighted by Crippen LogP contribution is 2.23. The van der Waals surface area contributed by atoms with Gasteiger partial charge in [-0.25, -0.2) is 8.78 Å². The van der Waals surface area contributed by atoms with Gasteiger partial charge < -0.3 is 0 Å². The normalized spacial score (nSPS) is 16.0. The highest BCUT2D eigenvalue weighted by Gasteiger charge is 2.24. The number of rotatable bonds is 4. The Kier molecular flexibility index (Phi) is 3.52. The number of Topliss-reactive ketones (excluding diaryl/α,β-unsaturated/α-hetero) is 1. The van der Waals surface area contributed by atoms with Crippen LogP contribution in [0.1, 0.15) is 29.6 Å². The maximum Gasteiger partial charge on any atom is 0.179 e. The summed E-state index contributed by atoms with van der Waals surface area (Å²) in [6.45, 7) is 0.188. The summed E-state index contributed by atoms with van der Waals surface area (Å²) >= 11 is 0. The minimum Gasteiger partial charge on any atom is -0.296 e. The van der Waals surface area contributed by atoms with Crippen molar-refractivity contribution in [1.29, 1.82) is 0 Å². The second-order valence-corrected chi connectivity index (χ2v) is 4.55. The Labute approximate surface area is 99.2 Å². The van der Waals surface area contributed by atoms with Gasteiger partial charge in [0.2, 0.25) is 0 Å². The van der Waals surface area contributed by atoms with Crippen LogP contribution in [0.3, 0.4) is 0 Å². The van der Waals surface area contributed by atoms with E-state index in [1.54, 1.807) is 0 Å². The highest BCUT2D eigenvalue weighted by atomic mass is 19.1. The van der Waals surface area contributed by atoms with Crippen molar-refractivity contribution in [2.24, 2.45) is 0 Å². The molecule has 0 bridgehead atoms. The molecule has 0 N–H and O–H groups in total. The van der Waals surface area contributed by atoms with Crippen LogP contribution in [0, 0.1) is 11.6 Å². The van der Waals surface area contributed by atoms with Crippen LogP contribution in [0.5, 0.6) is 0 Å². The molecule has 0 atom stereocenters. The predicted octanol–water partition coefficient (Wildman–Crippen LogP) is 2.63. The van der Waals surface area contributed by atoms with Gasteiger partial charge in [-0.15, -0.1) is 0 Å². The third kappa shape index (κ3) is 2.69. The van der Waals surface area contributed by atoms with Crippen molar-refractivity contribution in [1.82, 2.24) is 4.90 Å². The van der Waals surface area contributed by atoms with E-state index in [1.165, 1.54) is 12.5 Å². The van der Waals surface area contributed by atoms with E-state index in [2.05, 4.69) is 0 Å². The molecule has 17 heavy (non-hydrogen) atoms. The van der Waals surface area contributed by atoms with Crippen molar-refractivity contribution in [3.63, 3.8) is 0 Å². The Morgan fingerprint density at radius 3 is 2.65 bits per heavy atom. The molecule has 0 spiro atoms. The number of likely N-dealkylation sites (N-methyl/N-ethyl adjacent to an activating group) is 1. The summed E-state index contributed by atoms with van der Waals surface area (Å²) in [4.78, 5) is 13.8. The van der Waals surface area contributed by atoms with Crippen LogP contribution in [-0.2, 0) is 0 Å². The van der Waals surface area contributed by atoms with E-state index in [1.807, 2.05) is 11.9 Å². The van der Waals surface area contributed by atoms with E-state index in [0.29, 0.717) is 6.04 Å². The summed E-state index contributed by atoms with van der Waals surface area (Å²) in [5.41, 5.74) is -0.0300. The van der Waals surface area contributed by atoms with Gasteiger partial charge in [-0.3, -0.25) is 9.69 Å². The molecule has 92 valence electrons. The standard InChI is InChI=1S/C13H15F2NO/c1-16(10-3-2-4-10)8-13(17)11-6-5-9(14)7-12(11)15/h5-7,10H,2-4,8H2,1H3. The van der Waals surface area contributed by atoms with E-state index in [9.17, 15) is 13.6 Å². The second-order valence-electron chi connectivity index (χ2n) is 4.55. The minimum atomic E-state index is -0.781. The fourth-order valence-electron chi connectivity index (χ4n) is 1.98. The molecule has 2 nitrogen and oxygen atoms in total. The first-order valence-corrected chi connectivity index (χ1v) is 5.76. The lowest BCUT2D eigenvalue weighted by Gasteiger charge is -2.34. The Morgan fingerprint density at radius 1 is 1.41 bits per heavy atom. The number of benzene rings is 1. The molecule has 1 aromatic rings. The number of nitrogens with zero attached hydrogens (tertiary/aromatic N) is 1. The quantitative estimate of drug-likeness (QED) is 0.753. The summed E-state index contributed by atoms with van der Waals surface area (Å²) in [5.74, 6) is -1.74. The molecule has 1 aromatic carbocycles. The van der Waals surface area contributed by atoms with Crippen molar-refractivity contribution in [3.05, 3.63) is 35.4 Å². The SMILES string of the molecule is CN(CC(=O)c1ccc(F)cc1F)C1CCC1. The smallest absolute Gasteiger partial charge is 0.179 e. The molecule has 1 saturated carbocycles. The van der Waals surface area contributed by atoms with Crippen LogP contribution in [-0.4, -0.2) is 30.3 Å². The Morgan fingerprint density at radius 2 is 2.12 bits per heavy atom. The maximum atomic E-state index is 13.4. The Bertz CT molecular complexity index is 429. The lowest BCUT2D eigenvalue weighted by atomic mass is 9.91. The first kappa shape index (κ1) is 12.2. The molecule has 0 saturated heterocycles. The fourth-order valence-corrected chi connectivity index (χ4v) is 1.98. The third-order valence-electron chi connectivity index (χ3n) is 3.32. The highest BCUT2D eigenvalue weighted by molar-refractivity contribution is 5.97. The monoisotopic (exact) mass is 239 g/mol. The zero-order valence-electron chi connectivity index (χ0n) is 9.75. The molecule has 0 aliphatic heterocycles. The maximum absolute atomic E-state index is 13.4. The number of hydrogen-bond donors (Lipinski definition) is 0. The van der Waals surface area contributed by atoms with Gasteiger partial charge in [0.15, 0.2) is 5.78 Å². The Hall–Kier alpha value is -1.29. The van der Waals surface area contributed by atoms with E-state index in [4.69, 9.17) is 0 Å². The lowest BCUT2D eigenvalue weighted by molar-refractivity contribution is 0.0866. The van der Waals surface area contributed by atoms with Gasteiger partial charge in [-0.2, -0.15) is 0 Å².